The number of rotatable bonds is 12. The van der Waals surface area contributed by atoms with E-state index in [1.807, 2.05) is 66.7 Å². The molecule has 0 aliphatic carbocycles. The largest absolute Gasteiger partial charge is 0.490 e. The average molecular weight is 433 g/mol. The molecule has 6 heteroatoms. The molecule has 3 rings (SSSR count). The van der Waals surface area contributed by atoms with Crippen LogP contribution in [0.15, 0.2) is 84.9 Å². The lowest BCUT2D eigenvalue weighted by molar-refractivity contribution is -0.118. The van der Waals surface area contributed by atoms with Gasteiger partial charge in [0.2, 0.25) is 5.91 Å². The van der Waals surface area contributed by atoms with Crippen LogP contribution in [0, 0.1) is 0 Å². The predicted octanol–water partition coefficient (Wildman–Crippen LogP) is 3.70. The van der Waals surface area contributed by atoms with Crippen LogP contribution in [0.5, 0.6) is 11.5 Å². The van der Waals surface area contributed by atoms with E-state index < -0.39 is 5.91 Å². The lowest BCUT2D eigenvalue weighted by Gasteiger charge is -2.23. The van der Waals surface area contributed by atoms with Crippen molar-refractivity contribution in [3.63, 3.8) is 0 Å². The summed E-state index contributed by atoms with van der Waals surface area (Å²) in [5.74, 6) is 0.615. The Labute approximate surface area is 188 Å². The highest BCUT2D eigenvalue weighted by Crippen LogP contribution is 2.21. The Bertz CT molecular complexity index is 993. The predicted molar refractivity (Wildman–Crippen MR) is 124 cm³/mol. The van der Waals surface area contributed by atoms with Gasteiger partial charge in [0.15, 0.2) is 0 Å². The molecule has 0 bridgehead atoms. The number of hydrogen-bond acceptors (Lipinski definition) is 4. The van der Waals surface area contributed by atoms with Crippen molar-refractivity contribution in [2.24, 2.45) is 5.73 Å². The normalized spacial score (nSPS) is 10.4. The Balaban J connectivity index is 1.64. The zero-order valence-corrected chi connectivity index (χ0v) is 18.0. The maximum absolute atomic E-state index is 13.3. The maximum atomic E-state index is 13.3. The summed E-state index contributed by atoms with van der Waals surface area (Å²) in [6.07, 6.45) is 0.785. The zero-order chi connectivity index (χ0) is 22.6. The minimum absolute atomic E-state index is 0.106. The first-order valence-electron chi connectivity index (χ1n) is 10.6. The van der Waals surface area contributed by atoms with Gasteiger partial charge in [-0.2, -0.15) is 0 Å². The summed E-state index contributed by atoms with van der Waals surface area (Å²) in [5, 5.41) is 0. The molecule has 6 nitrogen and oxygen atoms in total. The number of ether oxygens (including phenoxy) is 2. The van der Waals surface area contributed by atoms with E-state index in [9.17, 15) is 9.59 Å². The molecule has 2 N–H and O–H groups in total. The summed E-state index contributed by atoms with van der Waals surface area (Å²) in [6.45, 7) is 1.38. The molecule has 166 valence electrons. The second-order valence-corrected chi connectivity index (χ2v) is 7.25. The number of nitrogens with two attached hydrogens (primary N) is 1. The molecule has 0 radical (unpaired) electrons. The molecule has 0 fully saturated rings. The molecule has 0 atom stereocenters. The second-order valence-electron chi connectivity index (χ2n) is 7.25. The zero-order valence-electron chi connectivity index (χ0n) is 18.0. The molecule has 3 aromatic rings. The first-order chi connectivity index (χ1) is 15.6. The highest BCUT2D eigenvalue weighted by atomic mass is 16.5. The van der Waals surface area contributed by atoms with Gasteiger partial charge in [-0.25, -0.2) is 0 Å². The van der Waals surface area contributed by atoms with Crippen LogP contribution in [0.2, 0.25) is 0 Å². The van der Waals surface area contributed by atoms with Gasteiger partial charge in [0.1, 0.15) is 24.7 Å². The van der Waals surface area contributed by atoms with E-state index in [1.54, 1.807) is 23.1 Å². The van der Waals surface area contributed by atoms with Gasteiger partial charge in [-0.15, -0.1) is 0 Å². The van der Waals surface area contributed by atoms with Crippen LogP contribution < -0.4 is 15.2 Å². The first kappa shape index (κ1) is 22.9. The molecule has 0 aliphatic rings. The molecule has 0 spiro atoms. The fourth-order valence-corrected chi connectivity index (χ4v) is 3.24. The second kappa shape index (κ2) is 12.2. The van der Waals surface area contributed by atoms with Gasteiger partial charge in [-0.3, -0.25) is 9.59 Å². The van der Waals surface area contributed by atoms with E-state index in [1.165, 1.54) is 0 Å². The number of primary amides is 1. The molecular formula is C26H28N2O4. The van der Waals surface area contributed by atoms with Gasteiger partial charge in [0.05, 0.1) is 5.56 Å². The average Bonchev–Trinajstić information content (AvgIpc) is 2.83. The van der Waals surface area contributed by atoms with Crippen LogP contribution in [-0.4, -0.2) is 43.0 Å². The van der Waals surface area contributed by atoms with Crippen molar-refractivity contribution in [1.29, 1.82) is 0 Å². The van der Waals surface area contributed by atoms with Gasteiger partial charge in [0.25, 0.3) is 5.91 Å². The minimum atomic E-state index is -0.440. The fourth-order valence-electron chi connectivity index (χ4n) is 3.24. The van der Waals surface area contributed by atoms with E-state index in [0.29, 0.717) is 37.5 Å². The molecule has 0 heterocycles. The molecule has 0 unspecified atom stereocenters. The van der Waals surface area contributed by atoms with Crippen molar-refractivity contribution in [2.75, 3.05) is 26.3 Å². The molecule has 0 saturated heterocycles. The first-order valence-corrected chi connectivity index (χ1v) is 10.6. The van der Waals surface area contributed by atoms with Gasteiger partial charge in [-0.1, -0.05) is 60.7 Å². The summed E-state index contributed by atoms with van der Waals surface area (Å²) in [7, 11) is 0. The summed E-state index contributed by atoms with van der Waals surface area (Å²) < 4.78 is 11.5. The molecule has 0 aromatic heterocycles. The molecule has 3 aromatic carbocycles. The van der Waals surface area contributed by atoms with Crippen molar-refractivity contribution in [3.05, 3.63) is 96.1 Å². The monoisotopic (exact) mass is 432 g/mol. The maximum Gasteiger partial charge on any atom is 0.257 e. The van der Waals surface area contributed by atoms with Crippen LogP contribution in [-0.2, 0) is 11.2 Å². The highest BCUT2D eigenvalue weighted by molar-refractivity contribution is 5.97. The van der Waals surface area contributed by atoms with Crippen LogP contribution in [0.1, 0.15) is 22.3 Å². The van der Waals surface area contributed by atoms with E-state index in [-0.39, 0.29) is 18.9 Å². The fraction of sp³-hybridized carbons (Fsp3) is 0.231. The van der Waals surface area contributed by atoms with Crippen molar-refractivity contribution >= 4 is 11.8 Å². The highest BCUT2D eigenvalue weighted by Gasteiger charge is 2.20. The standard InChI is InChI=1S/C26H28N2O4/c27-25(29)16-18-28(17-15-21-9-3-1-4-10-21)26(30)23-13-7-8-14-24(23)32-20-19-31-22-11-5-2-6-12-22/h1-14H,15-20H2,(H2,27,29). The van der Waals surface area contributed by atoms with Gasteiger partial charge >= 0.3 is 0 Å². The third-order valence-electron chi connectivity index (χ3n) is 4.90. The lowest BCUT2D eigenvalue weighted by atomic mass is 10.1. The van der Waals surface area contributed by atoms with Crippen molar-refractivity contribution in [3.8, 4) is 11.5 Å². The number of carbonyl (C=O) groups excluding carboxylic acids is 2. The van der Waals surface area contributed by atoms with Crippen molar-refractivity contribution in [1.82, 2.24) is 4.90 Å². The van der Waals surface area contributed by atoms with Crippen LogP contribution in [0.4, 0.5) is 0 Å². The van der Waals surface area contributed by atoms with Crippen LogP contribution in [0.25, 0.3) is 0 Å². The van der Waals surface area contributed by atoms with E-state index >= 15 is 0 Å². The number of carbonyl (C=O) groups is 2. The summed E-state index contributed by atoms with van der Waals surface area (Å²) in [6, 6.07) is 26.5. The number of amides is 2. The van der Waals surface area contributed by atoms with Crippen molar-refractivity contribution in [2.45, 2.75) is 12.8 Å². The number of para-hydroxylation sites is 2. The minimum Gasteiger partial charge on any atom is -0.490 e. The number of benzene rings is 3. The molecular weight excluding hydrogens is 404 g/mol. The lowest BCUT2D eigenvalue weighted by Crippen LogP contribution is -2.36. The smallest absolute Gasteiger partial charge is 0.257 e. The molecule has 32 heavy (non-hydrogen) atoms. The van der Waals surface area contributed by atoms with E-state index in [4.69, 9.17) is 15.2 Å². The van der Waals surface area contributed by atoms with Crippen LogP contribution >= 0.6 is 0 Å². The molecule has 0 aliphatic heterocycles. The number of nitrogens with zero attached hydrogens (tertiary/aromatic N) is 1. The Morgan fingerprint density at radius 2 is 1.38 bits per heavy atom. The summed E-state index contributed by atoms with van der Waals surface area (Å²) >= 11 is 0. The topological polar surface area (TPSA) is 81.9 Å². The van der Waals surface area contributed by atoms with Gasteiger partial charge < -0.3 is 20.1 Å². The molecule has 0 saturated carbocycles. The Hall–Kier alpha value is -3.80. The molecule has 2 amide bonds. The van der Waals surface area contributed by atoms with Gasteiger partial charge in [0, 0.05) is 19.5 Å². The van der Waals surface area contributed by atoms with Gasteiger partial charge in [-0.05, 0) is 36.2 Å². The number of hydrogen-bond donors (Lipinski definition) is 1. The van der Waals surface area contributed by atoms with Crippen LogP contribution in [0.3, 0.4) is 0 Å². The van der Waals surface area contributed by atoms with E-state index in [0.717, 1.165) is 11.3 Å². The Kier molecular flexibility index (Phi) is 8.69. The quantitative estimate of drug-likeness (QED) is 0.443. The Morgan fingerprint density at radius 1 is 0.750 bits per heavy atom. The SMILES string of the molecule is NC(=O)CCN(CCc1ccccc1)C(=O)c1ccccc1OCCOc1ccccc1. The third kappa shape index (κ3) is 7.16. The van der Waals surface area contributed by atoms with Crippen molar-refractivity contribution < 1.29 is 19.1 Å². The summed E-state index contributed by atoms with van der Waals surface area (Å²) in [4.78, 5) is 26.3. The third-order valence-corrected chi connectivity index (χ3v) is 4.90. The van der Waals surface area contributed by atoms with E-state index in [2.05, 4.69) is 0 Å². The Morgan fingerprint density at radius 3 is 2.09 bits per heavy atom. The summed E-state index contributed by atoms with van der Waals surface area (Å²) in [5.41, 5.74) is 6.90.